The molecule has 30 heavy (non-hydrogen) atoms. The highest BCUT2D eigenvalue weighted by molar-refractivity contribution is 7.89. The monoisotopic (exact) mass is 428 g/mol. The molecule has 1 aromatic carbocycles. The fourth-order valence-corrected chi connectivity index (χ4v) is 6.91. The Balaban J connectivity index is 1.42. The van der Waals surface area contributed by atoms with Crippen molar-refractivity contribution in [3.8, 4) is 0 Å². The number of nitrogens with zero attached hydrogens (tertiary/aromatic N) is 4. The summed E-state index contributed by atoms with van der Waals surface area (Å²) < 4.78 is 39.6. The van der Waals surface area contributed by atoms with E-state index in [9.17, 15) is 8.42 Å². The first-order valence-electron chi connectivity index (χ1n) is 10.3. The third kappa shape index (κ3) is 3.30. The van der Waals surface area contributed by atoms with Crippen LogP contribution in [0.3, 0.4) is 0 Å². The van der Waals surface area contributed by atoms with Crippen molar-refractivity contribution in [1.29, 1.82) is 0 Å². The Hall–Kier alpha value is -2.36. The number of aromatic nitrogens is 3. The van der Waals surface area contributed by atoms with Gasteiger partial charge >= 0.3 is 0 Å². The zero-order valence-electron chi connectivity index (χ0n) is 16.8. The lowest BCUT2D eigenvalue weighted by Crippen LogP contribution is -2.46. The van der Waals surface area contributed by atoms with Gasteiger partial charge in [0.15, 0.2) is 5.82 Å². The van der Waals surface area contributed by atoms with Crippen molar-refractivity contribution in [3.63, 3.8) is 0 Å². The van der Waals surface area contributed by atoms with Crippen molar-refractivity contribution < 1.29 is 17.7 Å². The van der Waals surface area contributed by atoms with Crippen molar-refractivity contribution >= 4 is 20.9 Å². The molecule has 0 spiro atoms. The third-order valence-electron chi connectivity index (χ3n) is 6.18. The highest BCUT2D eigenvalue weighted by atomic mass is 32.2. The molecule has 2 bridgehead atoms. The van der Waals surface area contributed by atoms with Gasteiger partial charge in [-0.3, -0.25) is 4.98 Å². The quantitative estimate of drug-likeness (QED) is 0.595. The molecule has 158 valence electrons. The minimum atomic E-state index is -3.65. The minimum Gasteiger partial charge on any atom is -0.384 e. The van der Waals surface area contributed by atoms with Gasteiger partial charge in [0.1, 0.15) is 4.90 Å². The van der Waals surface area contributed by atoms with E-state index >= 15 is 0 Å². The number of rotatable bonds is 6. The van der Waals surface area contributed by atoms with Crippen molar-refractivity contribution in [3.05, 3.63) is 48.2 Å². The van der Waals surface area contributed by atoms with E-state index in [1.807, 2.05) is 18.2 Å². The van der Waals surface area contributed by atoms with Gasteiger partial charge in [-0.2, -0.15) is 9.29 Å². The molecule has 9 heteroatoms. The number of sulfonamides is 1. The van der Waals surface area contributed by atoms with Crippen molar-refractivity contribution in [2.24, 2.45) is 0 Å². The van der Waals surface area contributed by atoms with Gasteiger partial charge in [0.25, 0.3) is 0 Å². The van der Waals surface area contributed by atoms with Crippen LogP contribution in [0.15, 0.2) is 45.9 Å². The molecule has 5 rings (SSSR count). The van der Waals surface area contributed by atoms with Crippen LogP contribution in [-0.2, 0) is 21.2 Å². The number of ether oxygens (including phenoxy) is 1. The van der Waals surface area contributed by atoms with Crippen LogP contribution in [0.2, 0.25) is 0 Å². The first kappa shape index (κ1) is 19.6. The van der Waals surface area contributed by atoms with E-state index in [-0.39, 0.29) is 22.9 Å². The maximum absolute atomic E-state index is 13.6. The average Bonchev–Trinajstić information content (AvgIpc) is 3.34. The molecule has 8 nitrogen and oxygen atoms in total. The molecule has 2 aliphatic heterocycles. The SMILES string of the molecule is COCCc1noc(C2CC3CCC(C2)N3S(=O)(=O)c2cccc3cccnc23)n1. The van der Waals surface area contributed by atoms with Crippen molar-refractivity contribution in [1.82, 2.24) is 19.4 Å². The molecule has 2 saturated heterocycles. The van der Waals surface area contributed by atoms with Gasteiger partial charge in [-0.15, -0.1) is 0 Å². The molecule has 0 aliphatic carbocycles. The van der Waals surface area contributed by atoms with E-state index in [1.54, 1.807) is 29.7 Å². The number of para-hydroxylation sites is 1. The molecule has 0 amide bonds. The van der Waals surface area contributed by atoms with Gasteiger partial charge in [0.05, 0.1) is 12.1 Å². The first-order valence-corrected chi connectivity index (χ1v) is 11.7. The van der Waals surface area contributed by atoms with E-state index in [0.717, 1.165) is 18.2 Å². The van der Waals surface area contributed by atoms with Crippen LogP contribution in [0.25, 0.3) is 10.9 Å². The lowest BCUT2D eigenvalue weighted by molar-refractivity contribution is 0.198. The summed E-state index contributed by atoms with van der Waals surface area (Å²) in [4.78, 5) is 9.16. The highest BCUT2D eigenvalue weighted by Gasteiger charge is 2.49. The number of piperidine rings is 1. The average molecular weight is 429 g/mol. The number of benzene rings is 1. The number of methoxy groups -OCH3 is 1. The minimum absolute atomic E-state index is 0.0629. The Morgan fingerprint density at radius 2 is 1.93 bits per heavy atom. The second-order valence-electron chi connectivity index (χ2n) is 8.01. The van der Waals surface area contributed by atoms with Crippen LogP contribution in [0.1, 0.15) is 43.3 Å². The zero-order valence-corrected chi connectivity index (χ0v) is 17.6. The van der Waals surface area contributed by atoms with Crippen LogP contribution in [0.5, 0.6) is 0 Å². The van der Waals surface area contributed by atoms with Gasteiger partial charge in [-0.25, -0.2) is 8.42 Å². The van der Waals surface area contributed by atoms with Gasteiger partial charge in [0, 0.05) is 43.1 Å². The van der Waals surface area contributed by atoms with Crippen LogP contribution >= 0.6 is 0 Å². The number of fused-ring (bicyclic) bond motifs is 3. The summed E-state index contributed by atoms with van der Waals surface area (Å²) in [6, 6.07) is 8.91. The Kier molecular flexibility index (Phi) is 5.04. The first-order chi connectivity index (χ1) is 14.6. The molecular weight excluding hydrogens is 404 g/mol. The third-order valence-corrected chi connectivity index (χ3v) is 8.22. The molecule has 2 fully saturated rings. The lowest BCUT2D eigenvalue weighted by atomic mass is 9.92. The Bertz CT molecular complexity index is 1140. The zero-order chi connectivity index (χ0) is 20.7. The highest BCUT2D eigenvalue weighted by Crippen LogP contribution is 2.45. The molecule has 2 aromatic heterocycles. The summed E-state index contributed by atoms with van der Waals surface area (Å²) in [7, 11) is -2.01. The molecule has 2 unspecified atom stereocenters. The molecule has 2 aliphatic rings. The number of pyridine rings is 1. The van der Waals surface area contributed by atoms with Crippen LogP contribution < -0.4 is 0 Å². The van der Waals surface area contributed by atoms with Crippen LogP contribution in [-0.4, -0.2) is 53.6 Å². The van der Waals surface area contributed by atoms with Crippen LogP contribution in [0, 0.1) is 0 Å². The second-order valence-corrected chi connectivity index (χ2v) is 9.82. The largest absolute Gasteiger partial charge is 0.384 e. The topological polar surface area (TPSA) is 98.4 Å². The summed E-state index contributed by atoms with van der Waals surface area (Å²) in [6.07, 6.45) is 5.33. The number of hydrogen-bond acceptors (Lipinski definition) is 7. The van der Waals surface area contributed by atoms with E-state index in [0.29, 0.717) is 43.1 Å². The molecule has 0 N–H and O–H groups in total. The van der Waals surface area contributed by atoms with Crippen molar-refractivity contribution in [2.75, 3.05) is 13.7 Å². The van der Waals surface area contributed by atoms with E-state index in [2.05, 4.69) is 15.1 Å². The predicted octanol–water partition coefficient (Wildman–Crippen LogP) is 2.91. The standard InChI is InChI=1S/C21H24N4O4S/c1-28-11-9-19-23-21(29-24-19)15-12-16-7-8-17(13-15)25(16)30(26,27)18-6-2-4-14-5-3-10-22-20(14)18/h2-6,10,15-17H,7-9,11-13H2,1H3. The molecule has 0 radical (unpaired) electrons. The smallest absolute Gasteiger partial charge is 0.245 e. The maximum atomic E-state index is 13.6. The Morgan fingerprint density at radius 3 is 2.70 bits per heavy atom. The lowest BCUT2D eigenvalue weighted by Gasteiger charge is -2.36. The predicted molar refractivity (Wildman–Crippen MR) is 109 cm³/mol. The van der Waals surface area contributed by atoms with Gasteiger partial charge in [0.2, 0.25) is 15.9 Å². The Morgan fingerprint density at radius 1 is 1.17 bits per heavy atom. The summed E-state index contributed by atoms with van der Waals surface area (Å²) >= 11 is 0. The second kappa shape index (κ2) is 7.72. The van der Waals surface area contributed by atoms with Gasteiger partial charge in [-0.05, 0) is 37.8 Å². The van der Waals surface area contributed by atoms with Gasteiger partial charge in [-0.1, -0.05) is 23.4 Å². The summed E-state index contributed by atoms with van der Waals surface area (Å²) in [5.41, 5.74) is 0.529. The molecule has 0 saturated carbocycles. The molecular formula is C21H24N4O4S. The molecule has 3 aromatic rings. The normalized spacial score (nSPS) is 24.5. The number of hydrogen-bond donors (Lipinski definition) is 0. The van der Waals surface area contributed by atoms with E-state index in [4.69, 9.17) is 9.26 Å². The fraction of sp³-hybridized carbons (Fsp3) is 0.476. The van der Waals surface area contributed by atoms with E-state index in [1.165, 1.54) is 0 Å². The fourth-order valence-electron chi connectivity index (χ4n) is 4.85. The van der Waals surface area contributed by atoms with E-state index < -0.39 is 10.0 Å². The summed E-state index contributed by atoms with van der Waals surface area (Å²) in [5.74, 6) is 1.33. The Labute approximate surface area is 175 Å². The summed E-state index contributed by atoms with van der Waals surface area (Å²) in [6.45, 7) is 0.542. The van der Waals surface area contributed by atoms with Crippen molar-refractivity contribution in [2.45, 2.75) is 55.0 Å². The molecule has 4 heterocycles. The summed E-state index contributed by atoms with van der Waals surface area (Å²) in [5, 5.41) is 4.87. The molecule has 2 atom stereocenters. The van der Waals surface area contributed by atoms with Gasteiger partial charge < -0.3 is 9.26 Å². The maximum Gasteiger partial charge on any atom is 0.245 e. The van der Waals surface area contributed by atoms with Crippen LogP contribution in [0.4, 0.5) is 0 Å².